The molecule has 93 heavy (non-hydrogen) atoms. The Morgan fingerprint density at radius 1 is 0.688 bits per heavy atom. The van der Waals surface area contributed by atoms with Crippen LogP contribution in [0, 0.1) is 5.82 Å². The van der Waals surface area contributed by atoms with E-state index in [9.17, 15) is 53.0 Å². The number of aromatic amines is 1. The summed E-state index contributed by atoms with van der Waals surface area (Å²) in [5.41, 5.74) is 9.49. The first kappa shape index (κ1) is 72.1. The van der Waals surface area contributed by atoms with Crippen LogP contribution in [0.25, 0.3) is 10.9 Å². The number of carbonyl (C=O) groups is 10. The number of aliphatic hydroxyl groups excluding tert-OH is 1. The molecule has 5 aromatic rings. The number of ether oxygens (including phenoxy) is 1. The molecule has 2 aliphatic rings. The maximum Gasteiger partial charge on any atom is 0.303 e. The van der Waals surface area contributed by atoms with Crippen molar-refractivity contribution in [2.24, 2.45) is 5.73 Å². The summed E-state index contributed by atoms with van der Waals surface area (Å²) < 4.78 is 20.2. The van der Waals surface area contributed by atoms with Gasteiger partial charge < -0.3 is 67.8 Å². The van der Waals surface area contributed by atoms with Crippen LogP contribution < -0.4 is 47.7 Å². The maximum atomic E-state index is 15.0. The number of fused-ring (bicyclic) bond motifs is 4. The van der Waals surface area contributed by atoms with Gasteiger partial charge in [-0.05, 0) is 129 Å². The van der Waals surface area contributed by atoms with Crippen LogP contribution in [0.3, 0.4) is 0 Å². The van der Waals surface area contributed by atoms with Gasteiger partial charge in [0.1, 0.15) is 53.9 Å². The molecule has 2 bridgehead atoms. The zero-order valence-electron chi connectivity index (χ0n) is 53.0. The van der Waals surface area contributed by atoms with E-state index in [0.29, 0.717) is 81.2 Å². The highest BCUT2D eigenvalue weighted by Gasteiger charge is 2.47. The van der Waals surface area contributed by atoms with Crippen molar-refractivity contribution in [3.8, 4) is 5.75 Å². The highest BCUT2D eigenvalue weighted by Crippen LogP contribution is 2.33. The van der Waals surface area contributed by atoms with Crippen LogP contribution in [0.4, 0.5) is 4.39 Å². The molecule has 1 aromatic heterocycles. The van der Waals surface area contributed by atoms with Crippen molar-refractivity contribution in [1.29, 1.82) is 0 Å². The molecule has 23 nitrogen and oxygen atoms in total. The Bertz CT molecular complexity index is 3480. The largest absolute Gasteiger partial charge is 0.497 e. The van der Waals surface area contributed by atoms with E-state index in [1.165, 1.54) is 57.2 Å². The normalized spacial score (nSPS) is 24.0. The fourth-order valence-corrected chi connectivity index (χ4v) is 13.1. The molecule has 2 aliphatic heterocycles. The lowest BCUT2D eigenvalue weighted by molar-refractivity contribution is -0.146. The van der Waals surface area contributed by atoms with Crippen molar-refractivity contribution in [3.05, 3.63) is 136 Å². The highest BCUT2D eigenvalue weighted by molar-refractivity contribution is 7.98. The number of methoxy groups -OCH3 is 1. The number of halogens is 1. The van der Waals surface area contributed by atoms with Crippen LogP contribution in [-0.2, 0) is 85.3 Å². The first-order valence-electron chi connectivity index (χ1n) is 31.2. The first-order chi connectivity index (χ1) is 44.4. The van der Waals surface area contributed by atoms with Gasteiger partial charge in [0.15, 0.2) is 5.78 Å². The van der Waals surface area contributed by atoms with Gasteiger partial charge in [0.2, 0.25) is 47.3 Å². The molecule has 3 heterocycles. The molecular weight excluding hydrogens is 1240 g/mol. The summed E-state index contributed by atoms with van der Waals surface area (Å²) in [6.45, 7) is 6.13. The number of carboxylic acids is 1. The summed E-state index contributed by atoms with van der Waals surface area (Å²) in [6, 6.07) is 15.4. The van der Waals surface area contributed by atoms with Crippen molar-refractivity contribution >= 4 is 93.4 Å². The topological polar surface area (TPSA) is 350 Å². The second-order valence-corrected chi connectivity index (χ2v) is 26.0. The van der Waals surface area contributed by atoms with E-state index in [2.05, 4.69) is 48.3 Å². The van der Waals surface area contributed by atoms with E-state index in [1.54, 1.807) is 79.0 Å². The van der Waals surface area contributed by atoms with Crippen molar-refractivity contribution in [3.63, 3.8) is 0 Å². The van der Waals surface area contributed by atoms with Crippen LogP contribution in [-0.4, -0.2) is 158 Å². The molecule has 1 fully saturated rings. The van der Waals surface area contributed by atoms with Gasteiger partial charge in [-0.1, -0.05) is 60.7 Å². The first-order valence-corrected chi connectivity index (χ1v) is 33.5. The van der Waals surface area contributed by atoms with Crippen LogP contribution >= 0.6 is 23.5 Å². The van der Waals surface area contributed by atoms with Crippen molar-refractivity contribution < 1.29 is 67.3 Å². The summed E-state index contributed by atoms with van der Waals surface area (Å²) in [4.78, 5) is 146. The number of H-pyrrole nitrogens is 1. The lowest BCUT2D eigenvalue weighted by Gasteiger charge is -2.37. The molecule has 0 aliphatic carbocycles. The number of aliphatic hydroxyl groups is 1. The number of nitrogens with one attached hydrogen (secondary N) is 8. The minimum Gasteiger partial charge on any atom is -0.497 e. The number of carbonyl (C=O) groups excluding carboxylic acids is 9. The lowest BCUT2D eigenvalue weighted by Crippen LogP contribution is -2.62. The zero-order valence-corrected chi connectivity index (χ0v) is 54.6. The number of carboxylic acid groups (broad SMARTS) is 1. The third-order valence-electron chi connectivity index (χ3n) is 16.6. The number of Topliss-reactive ketones (excluding diaryl/α,β-unsaturated/α-hetero) is 1. The van der Waals surface area contributed by atoms with Gasteiger partial charge in [0.25, 0.3) is 0 Å². The maximum absolute atomic E-state index is 15.0. The number of thioether (sulfide) groups is 2. The molecule has 7 rings (SSSR count). The molecule has 12 N–H and O–H groups in total. The predicted octanol–water partition coefficient (Wildman–Crippen LogP) is 4.17. The fraction of sp³-hybridized carbons (Fsp3) is 0.463. The Labute approximate surface area is 548 Å². The number of aromatic nitrogens is 1. The smallest absolute Gasteiger partial charge is 0.303 e. The van der Waals surface area contributed by atoms with Gasteiger partial charge in [-0.15, -0.1) is 0 Å². The molecule has 1 saturated heterocycles. The Morgan fingerprint density at radius 2 is 1.30 bits per heavy atom. The van der Waals surface area contributed by atoms with Gasteiger partial charge in [-0.25, -0.2) is 4.39 Å². The molecule has 500 valence electrons. The molecular formula is C67H85FN10O13S2. The van der Waals surface area contributed by atoms with E-state index in [-0.39, 0.29) is 63.8 Å². The Morgan fingerprint density at radius 3 is 1.99 bits per heavy atom. The van der Waals surface area contributed by atoms with Gasteiger partial charge in [0.05, 0.1) is 18.8 Å². The van der Waals surface area contributed by atoms with Gasteiger partial charge in [-0.2, -0.15) is 23.5 Å². The molecule has 0 saturated carbocycles. The molecule has 8 amide bonds. The summed E-state index contributed by atoms with van der Waals surface area (Å²) in [5, 5.41) is 39.9. The van der Waals surface area contributed by atoms with Gasteiger partial charge in [-0.3, -0.25) is 47.9 Å². The van der Waals surface area contributed by atoms with Crippen molar-refractivity contribution in [1.82, 2.24) is 47.1 Å². The average Bonchev–Trinajstić information content (AvgIpc) is 1.70. The average molecular weight is 1320 g/mol. The SMILES string of the molecule is COc1ccc(C[C@@H]2NC(=O)[C@@H]([C@@H](C)O)NC(=O)[C@H](CCCC(=O)O)NC(=O)[C@H](Cc3c[nH]c4ccc(F)cc34)NC(=O)[C@H](Cc3cccc(CN)c3)NC(=O)[C@@H](C)NC(=O)[C@H](C)NC(=O)CCSCc3cccc(c3)CSCCCC(=O)[C@]3(C)CCCN3C2=O)cc1. The Balaban J connectivity index is 1.22. The Hall–Kier alpha value is -8.33. The van der Waals surface area contributed by atoms with Crippen LogP contribution in [0.15, 0.2) is 97.2 Å². The molecule has 0 radical (unpaired) electrons. The van der Waals surface area contributed by atoms with Crippen molar-refractivity contribution in [2.75, 3.05) is 25.2 Å². The quantitative estimate of drug-likeness (QED) is 0.0788. The number of hydrogen-bond acceptors (Lipinski definition) is 15. The predicted molar refractivity (Wildman–Crippen MR) is 352 cm³/mol. The second-order valence-electron chi connectivity index (χ2n) is 23.8. The third kappa shape index (κ3) is 20.8. The Kier molecular flexibility index (Phi) is 26.8. The molecule has 0 spiro atoms. The third-order valence-corrected chi connectivity index (χ3v) is 18.7. The molecule has 4 aromatic carbocycles. The van der Waals surface area contributed by atoms with Crippen LogP contribution in [0.1, 0.15) is 112 Å². The molecule has 9 atom stereocenters. The van der Waals surface area contributed by atoms with Crippen LogP contribution in [0.2, 0.25) is 0 Å². The van der Waals surface area contributed by atoms with Gasteiger partial charge in [0, 0.05) is 86.0 Å². The number of nitrogens with zero attached hydrogens (tertiary/aromatic N) is 1. The number of aliphatic carboxylic acids is 1. The summed E-state index contributed by atoms with van der Waals surface area (Å²) >= 11 is 3.21. The van der Waals surface area contributed by atoms with E-state index in [1.807, 2.05) is 18.2 Å². The van der Waals surface area contributed by atoms with Gasteiger partial charge >= 0.3 is 5.97 Å². The number of rotatable bonds is 13. The highest BCUT2D eigenvalue weighted by atomic mass is 32.2. The zero-order chi connectivity index (χ0) is 67.4. The summed E-state index contributed by atoms with van der Waals surface area (Å²) in [5.74, 6) is -5.60. The fourth-order valence-electron chi connectivity index (χ4n) is 11.3. The van der Waals surface area contributed by atoms with E-state index in [0.717, 1.165) is 11.1 Å². The number of nitrogens with two attached hydrogens (primary N) is 1. The van der Waals surface area contributed by atoms with Crippen molar-refractivity contribution in [2.45, 2.75) is 170 Å². The molecule has 0 unspecified atom stereocenters. The number of hydrogen-bond donors (Lipinski definition) is 11. The van der Waals surface area contributed by atoms with E-state index < -0.39 is 119 Å². The summed E-state index contributed by atoms with van der Waals surface area (Å²) in [7, 11) is 1.49. The number of ketones is 1. The number of benzene rings is 4. The minimum atomic E-state index is -1.80. The molecule has 26 heteroatoms. The summed E-state index contributed by atoms with van der Waals surface area (Å²) in [6.07, 6.45) is -0.152. The van der Waals surface area contributed by atoms with E-state index >= 15 is 9.59 Å². The monoisotopic (exact) mass is 1320 g/mol. The van der Waals surface area contributed by atoms with Crippen LogP contribution in [0.5, 0.6) is 5.75 Å². The van der Waals surface area contributed by atoms with E-state index in [4.69, 9.17) is 10.5 Å². The standard InChI is InChI=1S/C67H85FN10O13S2/c1-39-60(84)72-40(2)61(85)74-53(32-43-11-6-12-44(29-43)35-69)63(87)75-54(33-47-36-70-51-23-20-48(68)34-50(47)51)64(88)73-52(15-8-17-58(82)83)62(86)77-59(41(3)79)65(89)76-55(31-42-18-21-49(91-5)22-19-42)66(90)78-26-10-25-67(78,4)56(80)16-9-27-92-37-45-13-7-14-46(30-45)38-93-28-24-57(81)71-39/h6-7,11-14,18-23,29-30,34,36,39-41,52-55,59,70,79H,8-10,15-17,24-28,31-33,35,37-38,69H2,1-5H3,(H,71,81)(H,72,84)(H,73,88)(H,74,85)(H,75,87)(H,76,89)(H,77,86)(H,82,83)/t39-,40+,41+,52-,53-,54-,55-,59+,67-/m0/s1. The lowest BCUT2D eigenvalue weighted by atomic mass is 9.89. The second kappa shape index (κ2) is 34.5. The number of amides is 8. The minimum absolute atomic E-state index is 0.0902.